The Bertz CT molecular complexity index is 341. The summed E-state index contributed by atoms with van der Waals surface area (Å²) in [5, 5.41) is 0. The van der Waals surface area contributed by atoms with E-state index in [2.05, 4.69) is 0 Å². The van der Waals surface area contributed by atoms with Crippen LogP contribution in [0.15, 0.2) is 30.3 Å². The zero-order chi connectivity index (χ0) is 12.1. The summed E-state index contributed by atoms with van der Waals surface area (Å²) >= 11 is 0. The number of hydrogen-bond donors (Lipinski definition) is 1. The molecule has 3 nitrogen and oxygen atoms in total. The van der Waals surface area contributed by atoms with Gasteiger partial charge in [-0.3, -0.25) is 4.79 Å². The SMILES string of the molecule is CC(N)C(C)C(=O)N(C)Cc1ccccc1.Cl. The van der Waals surface area contributed by atoms with Gasteiger partial charge >= 0.3 is 0 Å². The number of nitrogens with zero attached hydrogens (tertiary/aromatic N) is 1. The largest absolute Gasteiger partial charge is 0.341 e. The molecular weight excluding hydrogens is 236 g/mol. The minimum Gasteiger partial charge on any atom is -0.341 e. The molecule has 0 saturated heterocycles. The minimum atomic E-state index is -0.131. The molecule has 1 aromatic rings. The lowest BCUT2D eigenvalue weighted by atomic mass is 10.0. The molecule has 0 aliphatic carbocycles. The van der Waals surface area contributed by atoms with E-state index in [0.29, 0.717) is 6.54 Å². The number of hydrogen-bond acceptors (Lipinski definition) is 2. The van der Waals surface area contributed by atoms with Gasteiger partial charge in [-0.1, -0.05) is 37.3 Å². The Balaban J connectivity index is 0.00000256. The smallest absolute Gasteiger partial charge is 0.226 e. The molecule has 17 heavy (non-hydrogen) atoms. The molecule has 4 heteroatoms. The van der Waals surface area contributed by atoms with Crippen molar-refractivity contribution >= 4 is 18.3 Å². The molecule has 2 N–H and O–H groups in total. The fraction of sp³-hybridized carbons (Fsp3) is 0.462. The van der Waals surface area contributed by atoms with Crippen molar-refractivity contribution in [2.24, 2.45) is 11.7 Å². The first-order valence-corrected chi connectivity index (χ1v) is 5.57. The van der Waals surface area contributed by atoms with Crippen molar-refractivity contribution in [2.45, 2.75) is 26.4 Å². The van der Waals surface area contributed by atoms with Crippen LogP contribution in [0.2, 0.25) is 0 Å². The Morgan fingerprint density at radius 1 is 1.29 bits per heavy atom. The minimum absolute atomic E-state index is 0. The lowest BCUT2D eigenvalue weighted by Crippen LogP contribution is -2.39. The highest BCUT2D eigenvalue weighted by Crippen LogP contribution is 2.08. The first kappa shape index (κ1) is 15.9. The zero-order valence-electron chi connectivity index (χ0n) is 10.6. The highest BCUT2D eigenvalue weighted by Gasteiger charge is 2.20. The van der Waals surface area contributed by atoms with E-state index < -0.39 is 0 Å². The topological polar surface area (TPSA) is 46.3 Å². The molecule has 0 aliphatic heterocycles. The summed E-state index contributed by atoms with van der Waals surface area (Å²) in [6.07, 6.45) is 0. The molecule has 0 bridgehead atoms. The molecule has 1 rings (SSSR count). The van der Waals surface area contributed by atoms with Crippen LogP contribution in [-0.2, 0) is 11.3 Å². The van der Waals surface area contributed by atoms with E-state index in [9.17, 15) is 4.79 Å². The van der Waals surface area contributed by atoms with Crippen LogP contribution in [0.4, 0.5) is 0 Å². The third-order valence-electron chi connectivity index (χ3n) is 2.82. The van der Waals surface area contributed by atoms with E-state index in [1.165, 1.54) is 0 Å². The van der Waals surface area contributed by atoms with Gasteiger partial charge in [0, 0.05) is 19.6 Å². The number of carbonyl (C=O) groups is 1. The normalized spacial score (nSPS) is 13.4. The van der Waals surface area contributed by atoms with Crippen molar-refractivity contribution in [1.29, 1.82) is 0 Å². The van der Waals surface area contributed by atoms with Crippen molar-refractivity contribution in [3.63, 3.8) is 0 Å². The number of benzene rings is 1. The van der Waals surface area contributed by atoms with Crippen LogP contribution < -0.4 is 5.73 Å². The van der Waals surface area contributed by atoms with Crippen LogP contribution >= 0.6 is 12.4 Å². The van der Waals surface area contributed by atoms with Gasteiger partial charge in [0.1, 0.15) is 0 Å². The highest BCUT2D eigenvalue weighted by atomic mass is 35.5. The maximum Gasteiger partial charge on any atom is 0.226 e. The van der Waals surface area contributed by atoms with Crippen molar-refractivity contribution in [3.8, 4) is 0 Å². The molecule has 0 aromatic heterocycles. The summed E-state index contributed by atoms with van der Waals surface area (Å²) < 4.78 is 0. The Hall–Kier alpha value is -1.06. The van der Waals surface area contributed by atoms with E-state index in [4.69, 9.17) is 5.73 Å². The second-order valence-corrected chi connectivity index (χ2v) is 4.33. The van der Waals surface area contributed by atoms with Gasteiger partial charge in [0.05, 0.1) is 5.92 Å². The molecular formula is C13H21ClN2O. The maximum absolute atomic E-state index is 11.9. The van der Waals surface area contributed by atoms with Crippen LogP contribution in [-0.4, -0.2) is 23.9 Å². The lowest BCUT2D eigenvalue weighted by Gasteiger charge is -2.23. The van der Waals surface area contributed by atoms with E-state index >= 15 is 0 Å². The van der Waals surface area contributed by atoms with Gasteiger partial charge < -0.3 is 10.6 Å². The summed E-state index contributed by atoms with van der Waals surface area (Å²) in [7, 11) is 1.81. The number of rotatable bonds is 4. The molecule has 0 saturated carbocycles. The molecule has 1 amide bonds. The van der Waals surface area contributed by atoms with Crippen molar-refractivity contribution in [1.82, 2.24) is 4.90 Å². The molecule has 0 fully saturated rings. The third-order valence-corrected chi connectivity index (χ3v) is 2.82. The number of carbonyl (C=O) groups excluding carboxylic acids is 1. The maximum atomic E-state index is 11.9. The van der Waals surface area contributed by atoms with E-state index in [-0.39, 0.29) is 30.3 Å². The second kappa shape index (κ2) is 7.30. The Labute approximate surface area is 109 Å². The number of nitrogens with two attached hydrogens (primary N) is 1. The van der Waals surface area contributed by atoms with E-state index in [0.717, 1.165) is 5.56 Å². The van der Waals surface area contributed by atoms with Crippen LogP contribution in [0.5, 0.6) is 0 Å². The number of amides is 1. The monoisotopic (exact) mass is 256 g/mol. The second-order valence-electron chi connectivity index (χ2n) is 4.33. The van der Waals surface area contributed by atoms with E-state index in [1.54, 1.807) is 4.90 Å². The zero-order valence-corrected chi connectivity index (χ0v) is 11.4. The van der Waals surface area contributed by atoms with Gasteiger partial charge in [-0.25, -0.2) is 0 Å². The quantitative estimate of drug-likeness (QED) is 0.896. The highest BCUT2D eigenvalue weighted by molar-refractivity contribution is 5.85. The molecule has 96 valence electrons. The first-order valence-electron chi connectivity index (χ1n) is 5.57. The predicted molar refractivity (Wildman–Crippen MR) is 73.0 cm³/mol. The molecule has 0 heterocycles. The molecule has 0 spiro atoms. The summed E-state index contributed by atoms with van der Waals surface area (Å²) in [6, 6.07) is 9.84. The number of halogens is 1. The molecule has 0 radical (unpaired) electrons. The van der Waals surface area contributed by atoms with E-state index in [1.807, 2.05) is 51.2 Å². The van der Waals surface area contributed by atoms with Crippen molar-refractivity contribution in [2.75, 3.05) is 7.05 Å². The fourth-order valence-electron chi connectivity index (χ4n) is 1.51. The molecule has 1 aromatic carbocycles. The average molecular weight is 257 g/mol. The summed E-state index contributed by atoms with van der Waals surface area (Å²) in [6.45, 7) is 4.37. The van der Waals surface area contributed by atoms with Crippen LogP contribution in [0.3, 0.4) is 0 Å². The standard InChI is InChI=1S/C13H20N2O.ClH/c1-10(11(2)14)13(16)15(3)9-12-7-5-4-6-8-12;/h4-8,10-11H,9,14H2,1-3H3;1H. The van der Waals surface area contributed by atoms with Gasteiger partial charge in [-0.2, -0.15) is 0 Å². The summed E-state index contributed by atoms with van der Waals surface area (Å²) in [5.74, 6) is -0.0347. The van der Waals surface area contributed by atoms with Crippen LogP contribution in [0.25, 0.3) is 0 Å². The average Bonchev–Trinajstić information content (AvgIpc) is 2.28. The van der Waals surface area contributed by atoms with Crippen molar-refractivity contribution < 1.29 is 4.79 Å². The third kappa shape index (κ3) is 4.75. The summed E-state index contributed by atoms with van der Waals surface area (Å²) in [5.41, 5.74) is 6.85. The Kier molecular flexibility index (Phi) is 6.85. The molecule has 2 atom stereocenters. The Morgan fingerprint density at radius 3 is 2.29 bits per heavy atom. The molecule has 0 aliphatic rings. The Morgan fingerprint density at radius 2 is 1.82 bits per heavy atom. The van der Waals surface area contributed by atoms with Gasteiger partial charge in [-0.05, 0) is 12.5 Å². The van der Waals surface area contributed by atoms with Crippen molar-refractivity contribution in [3.05, 3.63) is 35.9 Å². The predicted octanol–water partition coefficient (Wildman–Crippen LogP) is 2.05. The van der Waals surface area contributed by atoms with Gasteiger partial charge in [-0.15, -0.1) is 12.4 Å². The fourth-order valence-corrected chi connectivity index (χ4v) is 1.51. The lowest BCUT2D eigenvalue weighted by molar-refractivity contribution is -0.134. The molecule has 2 unspecified atom stereocenters. The first-order chi connectivity index (χ1) is 7.52. The summed E-state index contributed by atoms with van der Waals surface area (Å²) in [4.78, 5) is 13.7. The van der Waals surface area contributed by atoms with Gasteiger partial charge in [0.2, 0.25) is 5.91 Å². The van der Waals surface area contributed by atoms with Gasteiger partial charge in [0.15, 0.2) is 0 Å². The van der Waals surface area contributed by atoms with Crippen LogP contribution in [0, 0.1) is 5.92 Å². The van der Waals surface area contributed by atoms with Crippen LogP contribution in [0.1, 0.15) is 19.4 Å². The van der Waals surface area contributed by atoms with Gasteiger partial charge in [0.25, 0.3) is 0 Å².